The lowest BCUT2D eigenvalue weighted by Gasteiger charge is -2.39. The maximum Gasteiger partial charge on any atom is 0.121 e. The SMILES string of the molecule is COC1=CC(Nc2ccccc2)(c2cc(OC)cc(N(C)C)c2)CC(N(C)C)=C1. The molecule has 0 radical (unpaired) electrons. The first-order valence-electron chi connectivity index (χ1n) is 9.72. The van der Waals surface area contributed by atoms with Crippen LogP contribution in [0.3, 0.4) is 0 Å². The second kappa shape index (κ2) is 8.52. The van der Waals surface area contributed by atoms with Gasteiger partial charge in [-0.1, -0.05) is 18.2 Å². The summed E-state index contributed by atoms with van der Waals surface area (Å²) >= 11 is 0. The largest absolute Gasteiger partial charge is 0.497 e. The number of nitrogens with zero attached hydrogens (tertiary/aromatic N) is 2. The number of hydrogen-bond acceptors (Lipinski definition) is 5. The normalized spacial score (nSPS) is 18.4. The van der Waals surface area contributed by atoms with Crippen molar-refractivity contribution in [2.45, 2.75) is 12.0 Å². The fourth-order valence-electron chi connectivity index (χ4n) is 3.58. The van der Waals surface area contributed by atoms with E-state index in [1.165, 1.54) is 5.70 Å². The van der Waals surface area contributed by atoms with Crippen LogP contribution in [0.1, 0.15) is 12.0 Å². The molecule has 5 nitrogen and oxygen atoms in total. The van der Waals surface area contributed by atoms with Gasteiger partial charge >= 0.3 is 0 Å². The van der Waals surface area contributed by atoms with Gasteiger partial charge in [0.2, 0.25) is 0 Å². The van der Waals surface area contributed by atoms with Gasteiger partial charge in [-0.25, -0.2) is 0 Å². The van der Waals surface area contributed by atoms with E-state index in [0.29, 0.717) is 0 Å². The lowest BCUT2D eigenvalue weighted by Crippen LogP contribution is -2.38. The molecule has 1 unspecified atom stereocenters. The van der Waals surface area contributed by atoms with E-state index in [2.05, 4.69) is 65.6 Å². The third-order valence-electron chi connectivity index (χ3n) is 5.27. The van der Waals surface area contributed by atoms with Crippen LogP contribution in [0.5, 0.6) is 5.75 Å². The van der Waals surface area contributed by atoms with Gasteiger partial charge < -0.3 is 24.6 Å². The molecular weight excluding hydrogens is 362 g/mol. The fraction of sp³-hybridized carbons (Fsp3) is 0.333. The van der Waals surface area contributed by atoms with Crippen molar-refractivity contribution in [1.29, 1.82) is 0 Å². The van der Waals surface area contributed by atoms with E-state index in [1.54, 1.807) is 14.2 Å². The van der Waals surface area contributed by atoms with Gasteiger partial charge in [-0.2, -0.15) is 0 Å². The molecule has 0 amide bonds. The van der Waals surface area contributed by atoms with E-state index in [0.717, 1.165) is 34.9 Å². The zero-order valence-corrected chi connectivity index (χ0v) is 18.2. The van der Waals surface area contributed by atoms with Crippen molar-refractivity contribution in [2.24, 2.45) is 0 Å². The maximum absolute atomic E-state index is 5.70. The minimum Gasteiger partial charge on any atom is -0.497 e. The van der Waals surface area contributed by atoms with E-state index in [1.807, 2.05) is 38.4 Å². The molecule has 1 aliphatic carbocycles. The molecule has 0 spiro atoms. The number of nitrogens with one attached hydrogen (secondary N) is 1. The summed E-state index contributed by atoms with van der Waals surface area (Å²) in [6, 6.07) is 16.6. The lowest BCUT2D eigenvalue weighted by molar-refractivity contribution is 0.290. The molecule has 2 aromatic carbocycles. The Kier molecular flexibility index (Phi) is 6.06. The molecule has 0 saturated carbocycles. The molecule has 2 aromatic rings. The molecule has 3 rings (SSSR count). The highest BCUT2D eigenvalue weighted by atomic mass is 16.5. The number of anilines is 2. The molecule has 1 atom stereocenters. The first-order valence-corrected chi connectivity index (χ1v) is 9.72. The number of methoxy groups -OCH3 is 2. The molecule has 0 aliphatic heterocycles. The van der Waals surface area contributed by atoms with E-state index < -0.39 is 5.54 Å². The third kappa shape index (κ3) is 4.50. The van der Waals surface area contributed by atoms with Crippen molar-refractivity contribution >= 4 is 11.4 Å². The second-order valence-corrected chi connectivity index (χ2v) is 7.73. The molecule has 1 N–H and O–H groups in total. The van der Waals surface area contributed by atoms with Crippen molar-refractivity contribution in [1.82, 2.24) is 4.90 Å². The quantitative estimate of drug-likeness (QED) is 0.752. The van der Waals surface area contributed by atoms with Gasteiger partial charge in [0.25, 0.3) is 0 Å². The Morgan fingerprint density at radius 2 is 1.62 bits per heavy atom. The van der Waals surface area contributed by atoms with Crippen molar-refractivity contribution in [2.75, 3.05) is 52.6 Å². The summed E-state index contributed by atoms with van der Waals surface area (Å²) in [5, 5.41) is 3.78. The van der Waals surface area contributed by atoms with Crippen LogP contribution >= 0.6 is 0 Å². The lowest BCUT2D eigenvalue weighted by atomic mass is 9.80. The van der Waals surface area contributed by atoms with Gasteiger partial charge in [0.1, 0.15) is 11.5 Å². The van der Waals surface area contributed by atoms with Crippen molar-refractivity contribution in [3.8, 4) is 5.75 Å². The second-order valence-electron chi connectivity index (χ2n) is 7.73. The minimum absolute atomic E-state index is 0.486. The predicted octanol–water partition coefficient (Wildman–Crippen LogP) is 4.45. The number of hydrogen-bond donors (Lipinski definition) is 1. The molecule has 29 heavy (non-hydrogen) atoms. The summed E-state index contributed by atoms with van der Waals surface area (Å²) in [5.41, 5.74) is 3.95. The van der Waals surface area contributed by atoms with Crippen molar-refractivity contribution < 1.29 is 9.47 Å². The highest BCUT2D eigenvalue weighted by Crippen LogP contribution is 2.41. The molecule has 0 bridgehead atoms. The van der Waals surface area contributed by atoms with E-state index in [4.69, 9.17) is 9.47 Å². The highest BCUT2D eigenvalue weighted by Gasteiger charge is 2.36. The molecular formula is C24H31N3O2. The smallest absolute Gasteiger partial charge is 0.121 e. The molecule has 5 heteroatoms. The number of benzene rings is 2. The first kappa shape index (κ1) is 20.6. The third-order valence-corrected chi connectivity index (χ3v) is 5.27. The summed E-state index contributed by atoms with van der Waals surface area (Å²) in [4.78, 5) is 4.23. The fourth-order valence-corrected chi connectivity index (χ4v) is 3.58. The van der Waals surface area contributed by atoms with Crippen LogP contribution in [0, 0.1) is 0 Å². The number of para-hydroxylation sites is 1. The van der Waals surface area contributed by atoms with E-state index in [-0.39, 0.29) is 0 Å². The average Bonchev–Trinajstić information content (AvgIpc) is 2.73. The summed E-state index contributed by atoms with van der Waals surface area (Å²) in [5.74, 6) is 1.66. The van der Waals surface area contributed by atoms with Gasteiger partial charge in [0.15, 0.2) is 0 Å². The van der Waals surface area contributed by atoms with Crippen LogP contribution in [0.25, 0.3) is 0 Å². The van der Waals surface area contributed by atoms with Crippen LogP contribution in [0.4, 0.5) is 11.4 Å². The van der Waals surface area contributed by atoms with Crippen LogP contribution < -0.4 is 15.0 Å². The summed E-state index contributed by atoms with van der Waals surface area (Å²) in [7, 11) is 11.6. The number of allylic oxidation sites excluding steroid dienone is 1. The molecule has 0 fully saturated rings. The van der Waals surface area contributed by atoms with Crippen LogP contribution in [-0.4, -0.2) is 47.3 Å². The standard InChI is InChI=1S/C24H31N3O2/c1-26(2)20-12-18(13-22(14-20)28-5)24(25-19-10-8-7-9-11-19)16-21(27(3)4)15-23(17-24)29-6/h7-15,17,25H,16H2,1-6H3. The monoisotopic (exact) mass is 393 g/mol. The Hall–Kier alpha value is -3.08. The average molecular weight is 394 g/mol. The highest BCUT2D eigenvalue weighted by molar-refractivity contribution is 5.59. The summed E-state index contributed by atoms with van der Waals surface area (Å²) in [6.45, 7) is 0. The molecule has 1 aliphatic rings. The van der Waals surface area contributed by atoms with Crippen LogP contribution in [0.2, 0.25) is 0 Å². The molecule has 0 saturated heterocycles. The minimum atomic E-state index is -0.486. The van der Waals surface area contributed by atoms with Crippen LogP contribution in [-0.2, 0) is 10.3 Å². The molecule has 0 heterocycles. The first-order chi connectivity index (χ1) is 13.9. The van der Waals surface area contributed by atoms with E-state index >= 15 is 0 Å². The topological polar surface area (TPSA) is 37.0 Å². The Morgan fingerprint density at radius 1 is 0.897 bits per heavy atom. The Morgan fingerprint density at radius 3 is 2.21 bits per heavy atom. The van der Waals surface area contributed by atoms with Gasteiger partial charge in [-0.15, -0.1) is 0 Å². The maximum atomic E-state index is 5.70. The molecule has 154 valence electrons. The summed E-state index contributed by atoms with van der Waals surface area (Å²) < 4.78 is 11.3. The Labute approximate surface area is 174 Å². The van der Waals surface area contributed by atoms with Gasteiger partial charge in [0.05, 0.1) is 19.8 Å². The van der Waals surface area contributed by atoms with E-state index in [9.17, 15) is 0 Å². The number of ether oxygens (including phenoxy) is 2. The van der Waals surface area contributed by atoms with Crippen molar-refractivity contribution in [3.63, 3.8) is 0 Å². The zero-order chi connectivity index (χ0) is 21.0. The van der Waals surface area contributed by atoms with Crippen molar-refractivity contribution in [3.05, 3.63) is 77.7 Å². The Balaban J connectivity index is 2.20. The van der Waals surface area contributed by atoms with Gasteiger partial charge in [-0.3, -0.25) is 0 Å². The predicted molar refractivity (Wildman–Crippen MR) is 121 cm³/mol. The molecule has 0 aromatic heterocycles. The van der Waals surface area contributed by atoms with Gasteiger partial charge in [0, 0.05) is 57.7 Å². The Bertz CT molecular complexity index is 904. The summed E-state index contributed by atoms with van der Waals surface area (Å²) in [6.07, 6.45) is 5.04. The van der Waals surface area contributed by atoms with Gasteiger partial charge in [-0.05, 0) is 42.0 Å². The zero-order valence-electron chi connectivity index (χ0n) is 18.2. The number of rotatable bonds is 7. The van der Waals surface area contributed by atoms with Crippen LogP contribution in [0.15, 0.2) is 72.1 Å².